The fourth-order valence-corrected chi connectivity index (χ4v) is 1.41. The Morgan fingerprint density at radius 2 is 2.11 bits per heavy atom. The molecule has 1 aromatic rings. The number of carbonyl (C=O) groups is 1. The van der Waals surface area contributed by atoms with Crippen LogP contribution < -0.4 is 5.73 Å². The van der Waals surface area contributed by atoms with Gasteiger partial charge in [0.05, 0.1) is 12.1 Å². The third-order valence-corrected chi connectivity index (χ3v) is 3.22. The summed E-state index contributed by atoms with van der Waals surface area (Å²) >= 11 is 0. The Morgan fingerprint density at radius 1 is 1.53 bits per heavy atom. The van der Waals surface area contributed by atoms with Gasteiger partial charge >= 0.3 is 6.18 Å². The van der Waals surface area contributed by atoms with E-state index in [1.807, 2.05) is 13.8 Å². The highest BCUT2D eigenvalue weighted by atomic mass is 19.4. The molecule has 108 valence electrons. The van der Waals surface area contributed by atoms with Gasteiger partial charge in [-0.3, -0.25) is 9.48 Å². The minimum atomic E-state index is -4.76. The maximum Gasteiger partial charge on any atom is 0.413 e. The van der Waals surface area contributed by atoms with Crippen molar-refractivity contribution in [3.63, 3.8) is 0 Å². The minimum Gasteiger partial charge on any atom is -0.312 e. The van der Waals surface area contributed by atoms with Crippen LogP contribution in [0.5, 0.6) is 0 Å². The SMILES string of the molecule is CCC(C)n1ccc(CC(=O)C(C)(N)C(F)(F)F)n1. The fourth-order valence-electron chi connectivity index (χ4n) is 1.41. The van der Waals surface area contributed by atoms with Gasteiger partial charge in [-0.1, -0.05) is 6.92 Å². The van der Waals surface area contributed by atoms with E-state index in [4.69, 9.17) is 5.73 Å². The van der Waals surface area contributed by atoms with Crippen molar-refractivity contribution in [2.24, 2.45) is 5.73 Å². The summed E-state index contributed by atoms with van der Waals surface area (Å²) in [4.78, 5) is 11.6. The molecule has 4 nitrogen and oxygen atoms in total. The Balaban J connectivity index is 2.81. The average molecular weight is 277 g/mol. The zero-order valence-corrected chi connectivity index (χ0v) is 11.2. The molecule has 0 aromatic carbocycles. The highest BCUT2D eigenvalue weighted by Gasteiger charge is 2.53. The van der Waals surface area contributed by atoms with Gasteiger partial charge in [0, 0.05) is 12.2 Å². The number of carbonyl (C=O) groups excluding carboxylic acids is 1. The number of nitrogens with two attached hydrogens (primary N) is 1. The van der Waals surface area contributed by atoms with E-state index in [0.717, 1.165) is 6.42 Å². The lowest BCUT2D eigenvalue weighted by atomic mass is 9.94. The second-order valence-electron chi connectivity index (χ2n) is 4.84. The van der Waals surface area contributed by atoms with Crippen molar-refractivity contribution in [2.45, 2.75) is 51.4 Å². The first-order chi connectivity index (χ1) is 8.59. The number of hydrogen-bond acceptors (Lipinski definition) is 3. The van der Waals surface area contributed by atoms with E-state index in [-0.39, 0.29) is 6.04 Å². The summed E-state index contributed by atoms with van der Waals surface area (Å²) in [5.41, 5.74) is 2.53. The van der Waals surface area contributed by atoms with Crippen LogP contribution in [0.3, 0.4) is 0 Å². The van der Waals surface area contributed by atoms with Crippen LogP contribution in [0.1, 0.15) is 38.9 Å². The monoisotopic (exact) mass is 277 g/mol. The second kappa shape index (κ2) is 5.32. The van der Waals surface area contributed by atoms with Crippen LogP contribution >= 0.6 is 0 Å². The van der Waals surface area contributed by atoms with Gasteiger partial charge in [-0.2, -0.15) is 18.3 Å². The zero-order chi connectivity index (χ0) is 14.8. The van der Waals surface area contributed by atoms with Crippen molar-refractivity contribution in [3.8, 4) is 0 Å². The summed E-state index contributed by atoms with van der Waals surface area (Å²) < 4.78 is 39.4. The van der Waals surface area contributed by atoms with Crippen molar-refractivity contribution in [1.29, 1.82) is 0 Å². The summed E-state index contributed by atoms with van der Waals surface area (Å²) in [7, 11) is 0. The van der Waals surface area contributed by atoms with Gasteiger partial charge in [0.2, 0.25) is 0 Å². The highest BCUT2D eigenvalue weighted by Crippen LogP contribution is 2.29. The summed E-state index contributed by atoms with van der Waals surface area (Å²) in [6, 6.07) is 1.67. The summed E-state index contributed by atoms with van der Waals surface area (Å²) in [5, 5.41) is 4.09. The molecule has 2 atom stereocenters. The average Bonchev–Trinajstić information content (AvgIpc) is 2.74. The minimum absolute atomic E-state index is 0.135. The maximum atomic E-state index is 12.6. The number of hydrogen-bond donors (Lipinski definition) is 1. The van der Waals surface area contributed by atoms with E-state index in [2.05, 4.69) is 5.10 Å². The molecule has 1 aromatic heterocycles. The summed E-state index contributed by atoms with van der Waals surface area (Å²) in [6.45, 7) is 4.58. The van der Waals surface area contributed by atoms with E-state index in [1.165, 1.54) is 6.07 Å². The number of Topliss-reactive ketones (excluding diaryl/α,β-unsaturated/α-hetero) is 1. The van der Waals surface area contributed by atoms with Crippen molar-refractivity contribution < 1.29 is 18.0 Å². The second-order valence-corrected chi connectivity index (χ2v) is 4.84. The van der Waals surface area contributed by atoms with Crippen molar-refractivity contribution in [1.82, 2.24) is 9.78 Å². The van der Waals surface area contributed by atoms with Crippen molar-refractivity contribution in [2.75, 3.05) is 0 Å². The smallest absolute Gasteiger partial charge is 0.312 e. The molecule has 2 N–H and O–H groups in total. The Labute approximate surface area is 109 Å². The third kappa shape index (κ3) is 3.34. The summed E-state index contributed by atoms with van der Waals surface area (Å²) in [6.07, 6.45) is -2.69. The lowest BCUT2D eigenvalue weighted by molar-refractivity contribution is -0.185. The van der Waals surface area contributed by atoms with E-state index in [1.54, 1.807) is 10.9 Å². The van der Waals surface area contributed by atoms with Crippen LogP contribution in [-0.2, 0) is 11.2 Å². The van der Waals surface area contributed by atoms with E-state index < -0.39 is 23.9 Å². The normalized spacial score (nSPS) is 17.0. The first kappa shape index (κ1) is 15.7. The number of halogens is 3. The van der Waals surface area contributed by atoms with Gasteiger partial charge in [-0.15, -0.1) is 0 Å². The van der Waals surface area contributed by atoms with E-state index in [0.29, 0.717) is 12.6 Å². The highest BCUT2D eigenvalue weighted by molar-refractivity contribution is 5.90. The molecule has 0 aliphatic heterocycles. The molecular formula is C12H18F3N3O. The Bertz CT molecular complexity index is 451. The molecular weight excluding hydrogens is 259 g/mol. The quantitative estimate of drug-likeness (QED) is 0.898. The number of alkyl halides is 3. The predicted octanol–water partition coefficient (Wildman–Crippen LogP) is 2.25. The number of ketones is 1. The Hall–Kier alpha value is -1.37. The molecule has 7 heteroatoms. The molecule has 0 spiro atoms. The van der Waals surface area contributed by atoms with E-state index in [9.17, 15) is 18.0 Å². The molecule has 1 rings (SSSR count). The topological polar surface area (TPSA) is 60.9 Å². The largest absolute Gasteiger partial charge is 0.413 e. The van der Waals surface area contributed by atoms with Crippen LogP contribution in [0.4, 0.5) is 13.2 Å². The van der Waals surface area contributed by atoms with Crippen LogP contribution in [0.2, 0.25) is 0 Å². The predicted molar refractivity (Wildman–Crippen MR) is 64.6 cm³/mol. The van der Waals surface area contributed by atoms with Crippen LogP contribution in [0.15, 0.2) is 12.3 Å². The molecule has 0 amide bonds. The van der Waals surface area contributed by atoms with Crippen molar-refractivity contribution in [3.05, 3.63) is 18.0 Å². The molecule has 0 radical (unpaired) electrons. The van der Waals surface area contributed by atoms with Crippen molar-refractivity contribution >= 4 is 5.78 Å². The molecule has 1 heterocycles. The third-order valence-electron chi connectivity index (χ3n) is 3.22. The lowest BCUT2D eigenvalue weighted by Gasteiger charge is -2.25. The van der Waals surface area contributed by atoms with E-state index >= 15 is 0 Å². The van der Waals surface area contributed by atoms with Crippen LogP contribution in [-0.4, -0.2) is 27.3 Å². The molecule has 0 saturated carbocycles. The molecule has 0 fully saturated rings. The molecule has 19 heavy (non-hydrogen) atoms. The zero-order valence-electron chi connectivity index (χ0n) is 11.2. The first-order valence-corrected chi connectivity index (χ1v) is 6.02. The Kier molecular flexibility index (Phi) is 4.39. The molecule has 0 aliphatic carbocycles. The molecule has 0 bridgehead atoms. The van der Waals surface area contributed by atoms with Gasteiger partial charge in [0.25, 0.3) is 0 Å². The molecule has 0 saturated heterocycles. The van der Waals surface area contributed by atoms with Gasteiger partial charge in [-0.05, 0) is 26.3 Å². The van der Waals surface area contributed by atoms with Gasteiger partial charge in [0.15, 0.2) is 11.3 Å². The number of nitrogens with zero attached hydrogens (tertiary/aromatic N) is 2. The molecule has 2 unspecified atom stereocenters. The number of aromatic nitrogens is 2. The standard InChI is InChI=1S/C12H18F3N3O/c1-4-8(2)18-6-5-9(17-18)7-10(19)11(3,16)12(13,14)15/h5-6,8H,4,7,16H2,1-3H3. The first-order valence-electron chi connectivity index (χ1n) is 6.02. The van der Waals surface area contributed by atoms with Gasteiger partial charge in [0.1, 0.15) is 0 Å². The van der Waals surface area contributed by atoms with Crippen LogP contribution in [0.25, 0.3) is 0 Å². The molecule has 0 aliphatic rings. The Morgan fingerprint density at radius 3 is 2.58 bits per heavy atom. The fraction of sp³-hybridized carbons (Fsp3) is 0.667. The number of rotatable bonds is 5. The maximum absolute atomic E-state index is 12.6. The van der Waals surface area contributed by atoms with Crippen LogP contribution in [0, 0.1) is 0 Å². The lowest BCUT2D eigenvalue weighted by Crippen LogP contribution is -2.57. The van der Waals surface area contributed by atoms with Gasteiger partial charge in [-0.25, -0.2) is 0 Å². The summed E-state index contributed by atoms with van der Waals surface area (Å²) in [5.74, 6) is -1.09. The van der Waals surface area contributed by atoms with Gasteiger partial charge < -0.3 is 5.73 Å².